The lowest BCUT2D eigenvalue weighted by molar-refractivity contribution is -0.140. The fourth-order valence-corrected chi connectivity index (χ4v) is 1.78. The van der Waals surface area contributed by atoms with Crippen molar-refractivity contribution in [2.75, 3.05) is 7.11 Å². The molecule has 0 saturated heterocycles. The van der Waals surface area contributed by atoms with Crippen LogP contribution in [0.5, 0.6) is 0 Å². The van der Waals surface area contributed by atoms with Crippen molar-refractivity contribution < 1.29 is 18.7 Å². The molecule has 0 aliphatic rings. The number of aromatic nitrogens is 1. The minimum absolute atomic E-state index is 0.173. The van der Waals surface area contributed by atoms with Crippen LogP contribution in [0, 0.1) is 5.82 Å². The lowest BCUT2D eigenvalue weighted by Crippen LogP contribution is -2.06. The third-order valence-electron chi connectivity index (χ3n) is 2.08. The standard InChI is InChI=1S/C11H11BrFNO3/c1-17-10(16)4-2-3-9(15)11-8(12)5-7(13)6-14-11/h5-6H,2-4H2,1H3. The summed E-state index contributed by atoms with van der Waals surface area (Å²) in [6.45, 7) is 0. The molecule has 0 radical (unpaired) electrons. The van der Waals surface area contributed by atoms with Crippen LogP contribution >= 0.6 is 15.9 Å². The second kappa shape index (κ2) is 6.44. The van der Waals surface area contributed by atoms with E-state index >= 15 is 0 Å². The zero-order chi connectivity index (χ0) is 12.8. The summed E-state index contributed by atoms with van der Waals surface area (Å²) >= 11 is 3.07. The van der Waals surface area contributed by atoms with Gasteiger partial charge < -0.3 is 4.74 Å². The Balaban J connectivity index is 2.55. The zero-order valence-corrected chi connectivity index (χ0v) is 10.8. The molecule has 0 fully saturated rings. The molecule has 0 unspecified atom stereocenters. The summed E-state index contributed by atoms with van der Waals surface area (Å²) in [6.07, 6.45) is 1.72. The van der Waals surface area contributed by atoms with E-state index in [2.05, 4.69) is 25.7 Å². The number of rotatable bonds is 5. The summed E-state index contributed by atoms with van der Waals surface area (Å²) < 4.78 is 17.5. The maximum Gasteiger partial charge on any atom is 0.305 e. The van der Waals surface area contributed by atoms with Gasteiger partial charge in [-0.25, -0.2) is 9.37 Å². The van der Waals surface area contributed by atoms with Crippen molar-refractivity contribution in [1.82, 2.24) is 4.98 Å². The van der Waals surface area contributed by atoms with Crippen molar-refractivity contribution in [3.63, 3.8) is 0 Å². The SMILES string of the molecule is COC(=O)CCCC(=O)c1ncc(F)cc1Br. The van der Waals surface area contributed by atoms with E-state index in [-0.39, 0.29) is 30.3 Å². The van der Waals surface area contributed by atoms with Crippen molar-refractivity contribution in [2.24, 2.45) is 0 Å². The molecular formula is C11H11BrFNO3. The Morgan fingerprint density at radius 3 is 2.76 bits per heavy atom. The van der Waals surface area contributed by atoms with E-state index < -0.39 is 5.82 Å². The second-order valence-corrected chi connectivity index (χ2v) is 4.19. The van der Waals surface area contributed by atoms with Crippen LogP contribution in [0.15, 0.2) is 16.7 Å². The fraction of sp³-hybridized carbons (Fsp3) is 0.364. The molecule has 1 aromatic rings. The molecular weight excluding hydrogens is 293 g/mol. The number of Topliss-reactive ketones (excluding diaryl/α,β-unsaturated/α-hetero) is 1. The minimum atomic E-state index is -0.511. The molecule has 1 aromatic heterocycles. The first kappa shape index (κ1) is 13.8. The van der Waals surface area contributed by atoms with Crippen LogP contribution in [0.3, 0.4) is 0 Å². The molecule has 6 heteroatoms. The lowest BCUT2D eigenvalue weighted by Gasteiger charge is -2.02. The monoisotopic (exact) mass is 303 g/mol. The number of pyridine rings is 1. The van der Waals surface area contributed by atoms with Gasteiger partial charge in [-0.15, -0.1) is 0 Å². The Hall–Kier alpha value is -1.30. The number of hydrogen-bond acceptors (Lipinski definition) is 4. The number of ketones is 1. The van der Waals surface area contributed by atoms with E-state index in [0.29, 0.717) is 10.9 Å². The number of halogens is 2. The summed E-state index contributed by atoms with van der Waals surface area (Å²) in [4.78, 5) is 26.2. The number of carbonyl (C=O) groups excluding carboxylic acids is 2. The van der Waals surface area contributed by atoms with E-state index in [1.807, 2.05) is 0 Å². The highest BCUT2D eigenvalue weighted by Gasteiger charge is 2.13. The van der Waals surface area contributed by atoms with Crippen LogP contribution in [-0.4, -0.2) is 23.8 Å². The predicted molar refractivity (Wildman–Crippen MR) is 62.1 cm³/mol. The second-order valence-electron chi connectivity index (χ2n) is 3.34. The highest BCUT2D eigenvalue weighted by molar-refractivity contribution is 9.10. The molecule has 92 valence electrons. The van der Waals surface area contributed by atoms with Gasteiger partial charge in [-0.2, -0.15) is 0 Å². The van der Waals surface area contributed by atoms with Gasteiger partial charge in [-0.05, 0) is 28.4 Å². The summed E-state index contributed by atoms with van der Waals surface area (Å²) in [5, 5.41) is 0. The molecule has 0 atom stereocenters. The quantitative estimate of drug-likeness (QED) is 0.619. The smallest absolute Gasteiger partial charge is 0.305 e. The third-order valence-corrected chi connectivity index (χ3v) is 2.69. The molecule has 17 heavy (non-hydrogen) atoms. The topological polar surface area (TPSA) is 56.3 Å². The average Bonchev–Trinajstić information content (AvgIpc) is 2.28. The van der Waals surface area contributed by atoms with Gasteiger partial charge >= 0.3 is 5.97 Å². The van der Waals surface area contributed by atoms with Gasteiger partial charge in [0.2, 0.25) is 0 Å². The van der Waals surface area contributed by atoms with Crippen molar-refractivity contribution >= 4 is 27.7 Å². The van der Waals surface area contributed by atoms with Gasteiger partial charge in [0.05, 0.1) is 13.3 Å². The van der Waals surface area contributed by atoms with Gasteiger partial charge in [0.15, 0.2) is 5.78 Å². The highest BCUT2D eigenvalue weighted by Crippen LogP contribution is 2.17. The highest BCUT2D eigenvalue weighted by atomic mass is 79.9. The van der Waals surface area contributed by atoms with E-state index in [0.717, 1.165) is 6.20 Å². The molecule has 0 N–H and O–H groups in total. The summed E-state index contributed by atoms with van der Waals surface area (Å²) in [6, 6.07) is 1.18. The molecule has 0 aromatic carbocycles. The van der Waals surface area contributed by atoms with Crippen molar-refractivity contribution in [3.05, 3.63) is 28.2 Å². The molecule has 4 nitrogen and oxygen atoms in total. The molecule has 0 bridgehead atoms. The Morgan fingerprint density at radius 1 is 1.47 bits per heavy atom. The Kier molecular flexibility index (Phi) is 5.21. The van der Waals surface area contributed by atoms with Crippen molar-refractivity contribution in [1.29, 1.82) is 0 Å². The van der Waals surface area contributed by atoms with Gasteiger partial charge in [0.1, 0.15) is 11.5 Å². The van der Waals surface area contributed by atoms with Gasteiger partial charge in [-0.3, -0.25) is 9.59 Å². The fourth-order valence-electron chi connectivity index (χ4n) is 1.23. The number of ether oxygens (including phenoxy) is 1. The van der Waals surface area contributed by atoms with Crippen molar-refractivity contribution in [3.8, 4) is 0 Å². The Morgan fingerprint density at radius 2 is 2.18 bits per heavy atom. The Bertz CT molecular complexity index is 437. The van der Waals surface area contributed by atoms with E-state index in [4.69, 9.17) is 0 Å². The average molecular weight is 304 g/mol. The number of methoxy groups -OCH3 is 1. The Labute approximate surface area is 106 Å². The first-order valence-corrected chi connectivity index (χ1v) is 5.75. The number of nitrogens with zero attached hydrogens (tertiary/aromatic N) is 1. The molecule has 1 heterocycles. The van der Waals surface area contributed by atoms with Crippen LogP contribution < -0.4 is 0 Å². The maximum absolute atomic E-state index is 12.7. The van der Waals surface area contributed by atoms with Crippen LogP contribution in [0.1, 0.15) is 29.8 Å². The van der Waals surface area contributed by atoms with Crippen LogP contribution in [0.4, 0.5) is 4.39 Å². The van der Waals surface area contributed by atoms with E-state index in [9.17, 15) is 14.0 Å². The predicted octanol–water partition coefficient (Wildman–Crippen LogP) is 2.51. The zero-order valence-electron chi connectivity index (χ0n) is 9.20. The summed E-state index contributed by atoms with van der Waals surface area (Å²) in [5.74, 6) is -1.10. The molecule has 0 saturated carbocycles. The lowest BCUT2D eigenvalue weighted by atomic mass is 10.1. The number of carbonyl (C=O) groups is 2. The van der Waals surface area contributed by atoms with E-state index in [1.165, 1.54) is 13.2 Å². The van der Waals surface area contributed by atoms with E-state index in [1.54, 1.807) is 0 Å². The molecule has 0 spiro atoms. The van der Waals surface area contributed by atoms with Gasteiger partial charge in [-0.1, -0.05) is 0 Å². The molecule has 1 rings (SSSR count). The summed E-state index contributed by atoms with van der Waals surface area (Å²) in [5.41, 5.74) is 0.177. The third kappa shape index (κ3) is 4.22. The summed E-state index contributed by atoms with van der Waals surface area (Å²) in [7, 11) is 1.29. The van der Waals surface area contributed by atoms with Crippen LogP contribution in [0.25, 0.3) is 0 Å². The largest absolute Gasteiger partial charge is 0.469 e. The van der Waals surface area contributed by atoms with Crippen LogP contribution in [-0.2, 0) is 9.53 Å². The van der Waals surface area contributed by atoms with Crippen molar-refractivity contribution in [2.45, 2.75) is 19.3 Å². The first-order chi connectivity index (χ1) is 8.04. The molecule has 0 aliphatic carbocycles. The number of esters is 1. The maximum atomic E-state index is 12.7. The minimum Gasteiger partial charge on any atom is -0.469 e. The first-order valence-electron chi connectivity index (χ1n) is 4.95. The van der Waals surface area contributed by atoms with Crippen LogP contribution in [0.2, 0.25) is 0 Å². The molecule has 0 aliphatic heterocycles. The van der Waals surface area contributed by atoms with Gasteiger partial charge in [0, 0.05) is 17.3 Å². The number of hydrogen-bond donors (Lipinski definition) is 0. The molecule has 0 amide bonds. The normalized spacial score (nSPS) is 10.1. The van der Waals surface area contributed by atoms with Gasteiger partial charge in [0.25, 0.3) is 0 Å².